The predicted molar refractivity (Wildman–Crippen MR) is 45.5 cm³/mol. The molecule has 0 unspecified atom stereocenters. The zero-order valence-electron chi connectivity index (χ0n) is 7.47. The van der Waals surface area contributed by atoms with Gasteiger partial charge in [0.2, 0.25) is 0 Å². The van der Waals surface area contributed by atoms with E-state index in [1.54, 1.807) is 6.92 Å². The van der Waals surface area contributed by atoms with Gasteiger partial charge in [-0.3, -0.25) is 0 Å². The van der Waals surface area contributed by atoms with E-state index in [1.165, 1.54) is 7.11 Å². The van der Waals surface area contributed by atoms with Crippen LogP contribution in [0.3, 0.4) is 0 Å². The molecule has 4 heteroatoms. The Balaban J connectivity index is 3.20. The number of rotatable bonds is 2. The first-order valence-electron chi connectivity index (χ1n) is 3.84. The van der Waals surface area contributed by atoms with Crippen molar-refractivity contribution in [2.24, 2.45) is 5.73 Å². The van der Waals surface area contributed by atoms with Crippen molar-refractivity contribution in [3.63, 3.8) is 0 Å². The zero-order chi connectivity index (χ0) is 10.0. The number of benzene rings is 1. The summed E-state index contributed by atoms with van der Waals surface area (Å²) in [6.07, 6.45) is 0. The van der Waals surface area contributed by atoms with Gasteiger partial charge in [0, 0.05) is 17.7 Å². The molecular weight excluding hydrogens is 176 g/mol. The zero-order valence-corrected chi connectivity index (χ0v) is 7.47. The number of nitrogens with two attached hydrogens (primary N) is 1. The van der Waals surface area contributed by atoms with Gasteiger partial charge in [-0.05, 0) is 13.0 Å². The maximum atomic E-state index is 13.1. The Labute approximate surface area is 75.3 Å². The van der Waals surface area contributed by atoms with Crippen LogP contribution >= 0.6 is 0 Å². The number of halogens is 2. The van der Waals surface area contributed by atoms with Crippen LogP contribution in [0, 0.1) is 11.6 Å². The summed E-state index contributed by atoms with van der Waals surface area (Å²) in [4.78, 5) is 0. The molecule has 1 rings (SSSR count). The summed E-state index contributed by atoms with van der Waals surface area (Å²) >= 11 is 0. The van der Waals surface area contributed by atoms with Crippen LogP contribution in [0.4, 0.5) is 8.78 Å². The summed E-state index contributed by atoms with van der Waals surface area (Å²) in [5.41, 5.74) is 5.58. The second-order valence-corrected chi connectivity index (χ2v) is 2.80. The van der Waals surface area contributed by atoms with Gasteiger partial charge in [0.15, 0.2) is 11.6 Å². The molecule has 0 aliphatic heterocycles. The largest absolute Gasteiger partial charge is 0.494 e. The van der Waals surface area contributed by atoms with Crippen molar-refractivity contribution >= 4 is 0 Å². The third-order valence-corrected chi connectivity index (χ3v) is 1.76. The van der Waals surface area contributed by atoms with Gasteiger partial charge >= 0.3 is 0 Å². The lowest BCUT2D eigenvalue weighted by Crippen LogP contribution is -2.08. The molecule has 13 heavy (non-hydrogen) atoms. The third kappa shape index (κ3) is 1.95. The van der Waals surface area contributed by atoms with Gasteiger partial charge in [-0.1, -0.05) is 0 Å². The van der Waals surface area contributed by atoms with Crippen molar-refractivity contribution in [2.75, 3.05) is 7.11 Å². The van der Waals surface area contributed by atoms with Gasteiger partial charge in [0.1, 0.15) is 5.82 Å². The first-order valence-corrected chi connectivity index (χ1v) is 3.84. The number of hydrogen-bond acceptors (Lipinski definition) is 2. The average Bonchev–Trinajstić information content (AvgIpc) is 2.07. The smallest absolute Gasteiger partial charge is 0.165 e. The van der Waals surface area contributed by atoms with Crippen LogP contribution in [0.2, 0.25) is 0 Å². The molecule has 0 fully saturated rings. The van der Waals surface area contributed by atoms with Crippen LogP contribution in [0.25, 0.3) is 0 Å². The molecule has 0 amide bonds. The Kier molecular flexibility index (Phi) is 2.83. The van der Waals surface area contributed by atoms with Gasteiger partial charge in [0.05, 0.1) is 7.11 Å². The van der Waals surface area contributed by atoms with Crippen LogP contribution in [-0.2, 0) is 0 Å². The molecule has 0 radical (unpaired) electrons. The Bertz CT molecular complexity index is 313. The minimum Gasteiger partial charge on any atom is -0.494 e. The van der Waals surface area contributed by atoms with Crippen LogP contribution < -0.4 is 10.5 Å². The maximum Gasteiger partial charge on any atom is 0.165 e. The number of methoxy groups -OCH3 is 1. The minimum absolute atomic E-state index is 0.109. The molecule has 2 nitrogen and oxygen atoms in total. The number of hydrogen-bond donors (Lipinski definition) is 1. The van der Waals surface area contributed by atoms with Crippen molar-refractivity contribution in [2.45, 2.75) is 13.0 Å². The molecular formula is C9H11F2NO. The molecule has 72 valence electrons. The monoisotopic (exact) mass is 187 g/mol. The fourth-order valence-electron chi connectivity index (χ4n) is 1.05. The van der Waals surface area contributed by atoms with Gasteiger partial charge in [0.25, 0.3) is 0 Å². The van der Waals surface area contributed by atoms with Crippen molar-refractivity contribution in [1.82, 2.24) is 0 Å². The van der Waals surface area contributed by atoms with E-state index in [2.05, 4.69) is 4.74 Å². The summed E-state index contributed by atoms with van der Waals surface area (Å²) in [5.74, 6) is -1.26. The summed E-state index contributed by atoms with van der Waals surface area (Å²) in [5, 5.41) is 0. The van der Waals surface area contributed by atoms with E-state index < -0.39 is 17.7 Å². The highest BCUT2D eigenvalue weighted by Crippen LogP contribution is 2.23. The molecule has 0 heterocycles. The van der Waals surface area contributed by atoms with Crippen LogP contribution in [-0.4, -0.2) is 7.11 Å². The van der Waals surface area contributed by atoms with Gasteiger partial charge < -0.3 is 10.5 Å². The standard InChI is InChI=1S/C9H11F2NO/c1-5(12)6-3-8(11)9(13-2)4-7(6)10/h3-5H,12H2,1-2H3/t5-/m1/s1. The normalized spacial score (nSPS) is 12.7. The predicted octanol–water partition coefficient (Wildman–Crippen LogP) is 1.99. The van der Waals surface area contributed by atoms with Crippen molar-refractivity contribution in [3.05, 3.63) is 29.3 Å². The summed E-state index contributed by atoms with van der Waals surface area (Å²) in [7, 11) is 1.28. The van der Waals surface area contributed by atoms with E-state index in [1.807, 2.05) is 0 Å². The molecule has 0 spiro atoms. The lowest BCUT2D eigenvalue weighted by Gasteiger charge is -2.09. The van der Waals surface area contributed by atoms with Crippen molar-refractivity contribution in [1.29, 1.82) is 0 Å². The molecule has 0 bridgehead atoms. The molecule has 0 aliphatic rings. The van der Waals surface area contributed by atoms with E-state index in [9.17, 15) is 8.78 Å². The fourth-order valence-corrected chi connectivity index (χ4v) is 1.05. The second kappa shape index (κ2) is 3.70. The Morgan fingerprint density at radius 2 is 1.92 bits per heavy atom. The van der Waals surface area contributed by atoms with E-state index in [0.717, 1.165) is 12.1 Å². The summed E-state index contributed by atoms with van der Waals surface area (Å²) in [6.45, 7) is 1.59. The Morgan fingerprint density at radius 3 is 2.38 bits per heavy atom. The Hall–Kier alpha value is -1.16. The van der Waals surface area contributed by atoms with Gasteiger partial charge in [-0.25, -0.2) is 8.78 Å². The van der Waals surface area contributed by atoms with Crippen LogP contribution in [0.5, 0.6) is 5.75 Å². The molecule has 0 aliphatic carbocycles. The molecule has 1 aromatic rings. The SMILES string of the molecule is COc1cc(F)c([C@@H](C)N)cc1F. The second-order valence-electron chi connectivity index (χ2n) is 2.80. The molecule has 0 aromatic heterocycles. The van der Waals surface area contributed by atoms with Crippen molar-refractivity contribution < 1.29 is 13.5 Å². The quantitative estimate of drug-likeness (QED) is 0.768. The third-order valence-electron chi connectivity index (χ3n) is 1.76. The van der Waals surface area contributed by atoms with E-state index in [4.69, 9.17) is 5.73 Å². The molecule has 0 saturated heterocycles. The Morgan fingerprint density at radius 1 is 1.31 bits per heavy atom. The van der Waals surface area contributed by atoms with Crippen LogP contribution in [0.1, 0.15) is 18.5 Å². The lowest BCUT2D eigenvalue weighted by atomic mass is 10.1. The highest BCUT2D eigenvalue weighted by Gasteiger charge is 2.12. The molecule has 1 atom stereocenters. The minimum atomic E-state index is -0.601. The van der Waals surface area contributed by atoms with E-state index >= 15 is 0 Å². The first kappa shape index (κ1) is 9.92. The van der Waals surface area contributed by atoms with Crippen molar-refractivity contribution in [3.8, 4) is 5.75 Å². The molecule has 0 saturated carbocycles. The first-order chi connectivity index (χ1) is 6.06. The average molecular weight is 187 g/mol. The van der Waals surface area contributed by atoms with Crippen LogP contribution in [0.15, 0.2) is 12.1 Å². The highest BCUT2D eigenvalue weighted by molar-refractivity contribution is 5.32. The van der Waals surface area contributed by atoms with Gasteiger partial charge in [-0.15, -0.1) is 0 Å². The van der Waals surface area contributed by atoms with E-state index in [-0.39, 0.29) is 11.3 Å². The summed E-state index contributed by atoms with van der Waals surface area (Å²) in [6, 6.07) is 1.52. The fraction of sp³-hybridized carbons (Fsp3) is 0.333. The van der Waals surface area contributed by atoms with E-state index in [0.29, 0.717) is 0 Å². The number of ether oxygens (including phenoxy) is 1. The molecule has 1 aromatic carbocycles. The molecule has 2 N–H and O–H groups in total. The lowest BCUT2D eigenvalue weighted by molar-refractivity contribution is 0.381. The maximum absolute atomic E-state index is 13.1. The summed E-state index contributed by atoms with van der Waals surface area (Å²) < 4.78 is 30.8. The highest BCUT2D eigenvalue weighted by atomic mass is 19.1. The topological polar surface area (TPSA) is 35.2 Å². The van der Waals surface area contributed by atoms with Gasteiger partial charge in [-0.2, -0.15) is 0 Å².